The molecule has 1 heterocycles. The molecule has 0 saturated carbocycles. The van der Waals surface area contributed by atoms with Crippen LogP contribution >= 0.6 is 11.8 Å². The second kappa shape index (κ2) is 6.87. The lowest BCUT2D eigenvalue weighted by molar-refractivity contribution is 0.274. The summed E-state index contributed by atoms with van der Waals surface area (Å²) in [5, 5.41) is 8.87. The predicted molar refractivity (Wildman–Crippen MR) is 89.0 cm³/mol. The van der Waals surface area contributed by atoms with E-state index < -0.39 is 0 Å². The molecule has 1 aliphatic rings. The third kappa shape index (κ3) is 3.44. The van der Waals surface area contributed by atoms with Crippen LogP contribution in [0.2, 0.25) is 0 Å². The molecule has 112 valence electrons. The molecule has 2 aromatic rings. The van der Waals surface area contributed by atoms with Crippen LogP contribution in [-0.4, -0.2) is 24.3 Å². The first-order valence-electron chi connectivity index (χ1n) is 7.29. The maximum Gasteiger partial charge on any atom is 0.119 e. The number of benzene rings is 2. The van der Waals surface area contributed by atoms with E-state index in [1.165, 1.54) is 16.0 Å². The van der Waals surface area contributed by atoms with Gasteiger partial charge in [-0.25, -0.2) is 0 Å². The van der Waals surface area contributed by atoms with Gasteiger partial charge in [-0.1, -0.05) is 12.1 Å². The minimum atomic E-state index is 0.713. The van der Waals surface area contributed by atoms with Crippen molar-refractivity contribution in [2.75, 3.05) is 19.4 Å². The zero-order valence-corrected chi connectivity index (χ0v) is 13.4. The van der Waals surface area contributed by atoms with Crippen molar-refractivity contribution in [2.45, 2.75) is 18.0 Å². The molecule has 0 aliphatic carbocycles. The molecule has 2 aromatic carbocycles. The van der Waals surface area contributed by atoms with Gasteiger partial charge in [0, 0.05) is 30.3 Å². The number of fused-ring (bicyclic) bond motifs is 1. The molecule has 0 fully saturated rings. The molecule has 0 N–H and O–H groups in total. The highest BCUT2D eigenvalue weighted by atomic mass is 32.2. The summed E-state index contributed by atoms with van der Waals surface area (Å²) >= 11 is 1.91. The van der Waals surface area contributed by atoms with Gasteiger partial charge in [-0.3, -0.25) is 4.90 Å². The number of methoxy groups -OCH3 is 1. The fourth-order valence-electron chi connectivity index (χ4n) is 2.63. The minimum absolute atomic E-state index is 0.713. The van der Waals surface area contributed by atoms with Gasteiger partial charge in [-0.15, -0.1) is 11.8 Å². The minimum Gasteiger partial charge on any atom is -0.497 e. The lowest BCUT2D eigenvalue weighted by Crippen LogP contribution is -2.24. The highest BCUT2D eigenvalue weighted by Crippen LogP contribution is 2.30. The number of hydrogen-bond donors (Lipinski definition) is 0. The van der Waals surface area contributed by atoms with Crippen LogP contribution in [0.1, 0.15) is 16.7 Å². The Morgan fingerprint density at radius 1 is 1.23 bits per heavy atom. The molecular weight excluding hydrogens is 292 g/mol. The monoisotopic (exact) mass is 310 g/mol. The SMILES string of the molecule is COc1ccc2c(c1)CN(Cc1ccc(C#N)cc1)CCS2. The van der Waals surface area contributed by atoms with Crippen molar-refractivity contribution >= 4 is 11.8 Å². The van der Waals surface area contributed by atoms with E-state index in [4.69, 9.17) is 10.00 Å². The summed E-state index contributed by atoms with van der Waals surface area (Å²) in [7, 11) is 1.71. The fraction of sp³-hybridized carbons (Fsp3) is 0.278. The van der Waals surface area contributed by atoms with Crippen LogP contribution in [0.25, 0.3) is 0 Å². The molecular formula is C18H18N2OS. The first kappa shape index (κ1) is 15.0. The molecule has 0 bridgehead atoms. The van der Waals surface area contributed by atoms with Crippen LogP contribution in [-0.2, 0) is 13.1 Å². The number of rotatable bonds is 3. The van der Waals surface area contributed by atoms with E-state index in [0.717, 1.165) is 31.1 Å². The van der Waals surface area contributed by atoms with E-state index in [1.807, 2.05) is 42.1 Å². The van der Waals surface area contributed by atoms with Crippen molar-refractivity contribution in [3.05, 3.63) is 59.2 Å². The summed E-state index contributed by atoms with van der Waals surface area (Å²) in [6.45, 7) is 2.89. The maximum absolute atomic E-state index is 8.87. The zero-order chi connectivity index (χ0) is 15.4. The smallest absolute Gasteiger partial charge is 0.119 e. The van der Waals surface area contributed by atoms with Crippen LogP contribution in [0.15, 0.2) is 47.4 Å². The third-order valence-electron chi connectivity index (χ3n) is 3.82. The van der Waals surface area contributed by atoms with E-state index >= 15 is 0 Å². The molecule has 0 unspecified atom stereocenters. The fourth-order valence-corrected chi connectivity index (χ4v) is 3.67. The number of nitriles is 1. The van der Waals surface area contributed by atoms with Gasteiger partial charge in [0.15, 0.2) is 0 Å². The molecule has 0 aromatic heterocycles. The van der Waals surface area contributed by atoms with Crippen LogP contribution in [0.5, 0.6) is 5.75 Å². The van der Waals surface area contributed by atoms with E-state index in [1.54, 1.807) is 7.11 Å². The molecule has 0 amide bonds. The number of nitrogens with zero attached hydrogens (tertiary/aromatic N) is 2. The molecule has 0 atom stereocenters. The predicted octanol–water partition coefficient (Wildman–Crippen LogP) is 3.67. The summed E-state index contributed by atoms with van der Waals surface area (Å²) in [5.74, 6) is 2.01. The molecule has 4 heteroatoms. The van der Waals surface area contributed by atoms with E-state index in [-0.39, 0.29) is 0 Å². The number of thioether (sulfide) groups is 1. The Labute approximate surface area is 135 Å². The van der Waals surface area contributed by atoms with Crippen molar-refractivity contribution in [1.29, 1.82) is 5.26 Å². The van der Waals surface area contributed by atoms with Crippen LogP contribution in [0.3, 0.4) is 0 Å². The Hall–Kier alpha value is -1.96. The highest BCUT2D eigenvalue weighted by molar-refractivity contribution is 7.99. The van der Waals surface area contributed by atoms with Crippen molar-refractivity contribution in [3.63, 3.8) is 0 Å². The van der Waals surface area contributed by atoms with Crippen molar-refractivity contribution in [2.24, 2.45) is 0 Å². The van der Waals surface area contributed by atoms with Gasteiger partial charge in [0.25, 0.3) is 0 Å². The van der Waals surface area contributed by atoms with Gasteiger partial charge >= 0.3 is 0 Å². The summed E-state index contributed by atoms with van der Waals surface area (Å²) in [4.78, 5) is 3.79. The second-order valence-electron chi connectivity index (χ2n) is 5.34. The van der Waals surface area contributed by atoms with Crippen LogP contribution in [0.4, 0.5) is 0 Å². The van der Waals surface area contributed by atoms with Crippen molar-refractivity contribution < 1.29 is 4.74 Å². The van der Waals surface area contributed by atoms with Gasteiger partial charge < -0.3 is 4.74 Å². The van der Waals surface area contributed by atoms with Gasteiger partial charge in [0.2, 0.25) is 0 Å². The molecule has 0 radical (unpaired) electrons. The van der Waals surface area contributed by atoms with Gasteiger partial charge in [0.05, 0.1) is 18.7 Å². The summed E-state index contributed by atoms with van der Waals surface area (Å²) in [6, 6.07) is 16.4. The lowest BCUT2D eigenvalue weighted by Gasteiger charge is -2.20. The summed E-state index contributed by atoms with van der Waals surface area (Å²) in [5.41, 5.74) is 3.29. The van der Waals surface area contributed by atoms with E-state index in [2.05, 4.69) is 23.1 Å². The number of hydrogen-bond acceptors (Lipinski definition) is 4. The standard InChI is InChI=1S/C18H18N2OS/c1-21-17-6-7-18-16(10-17)13-20(8-9-22-18)12-15-4-2-14(11-19)3-5-15/h2-7,10H,8-9,12-13H2,1H3. The topological polar surface area (TPSA) is 36.3 Å². The van der Waals surface area contributed by atoms with Crippen LogP contribution in [0, 0.1) is 11.3 Å². The molecule has 0 spiro atoms. The Morgan fingerprint density at radius 2 is 2.05 bits per heavy atom. The first-order valence-corrected chi connectivity index (χ1v) is 8.28. The molecule has 0 saturated heterocycles. The third-order valence-corrected chi connectivity index (χ3v) is 4.91. The quantitative estimate of drug-likeness (QED) is 0.866. The maximum atomic E-state index is 8.87. The molecule has 3 nitrogen and oxygen atoms in total. The summed E-state index contributed by atoms with van der Waals surface area (Å²) < 4.78 is 5.34. The average molecular weight is 310 g/mol. The number of ether oxygens (including phenoxy) is 1. The Bertz CT molecular complexity index is 691. The summed E-state index contributed by atoms with van der Waals surface area (Å²) in [6.07, 6.45) is 0. The van der Waals surface area contributed by atoms with Gasteiger partial charge in [-0.05, 0) is 41.5 Å². The largest absolute Gasteiger partial charge is 0.497 e. The second-order valence-corrected chi connectivity index (χ2v) is 6.48. The highest BCUT2D eigenvalue weighted by Gasteiger charge is 2.15. The van der Waals surface area contributed by atoms with E-state index in [9.17, 15) is 0 Å². The normalized spacial score (nSPS) is 14.7. The lowest BCUT2D eigenvalue weighted by atomic mass is 10.1. The average Bonchev–Trinajstić information content (AvgIpc) is 2.76. The van der Waals surface area contributed by atoms with Crippen LogP contribution < -0.4 is 4.74 Å². The first-order chi connectivity index (χ1) is 10.8. The van der Waals surface area contributed by atoms with Crippen molar-refractivity contribution in [3.8, 4) is 11.8 Å². The molecule has 1 aliphatic heterocycles. The zero-order valence-electron chi connectivity index (χ0n) is 12.6. The Kier molecular flexibility index (Phi) is 4.67. The Morgan fingerprint density at radius 3 is 2.77 bits per heavy atom. The Balaban J connectivity index is 1.75. The molecule has 22 heavy (non-hydrogen) atoms. The van der Waals surface area contributed by atoms with Crippen molar-refractivity contribution in [1.82, 2.24) is 4.90 Å². The van der Waals surface area contributed by atoms with E-state index in [0.29, 0.717) is 5.56 Å². The van der Waals surface area contributed by atoms with Gasteiger partial charge in [0.1, 0.15) is 5.75 Å². The molecule has 3 rings (SSSR count). The van der Waals surface area contributed by atoms with Gasteiger partial charge in [-0.2, -0.15) is 5.26 Å².